The number of fused-ring (bicyclic) bond motifs is 1. The molecule has 61 heavy (non-hydrogen) atoms. The normalized spacial score (nSPS) is 26.6. The number of aryl methyl sites for hydroxylation is 1. The second kappa shape index (κ2) is 18.2. The topological polar surface area (TPSA) is 169 Å². The van der Waals surface area contributed by atoms with Crippen LogP contribution in [0.15, 0.2) is 30.5 Å². The Hall–Kier alpha value is -4.32. The van der Waals surface area contributed by atoms with Gasteiger partial charge in [-0.1, -0.05) is 12.1 Å². The van der Waals surface area contributed by atoms with Crippen molar-refractivity contribution in [2.24, 2.45) is 7.05 Å². The number of nitrogens with zero attached hydrogens (tertiary/aromatic N) is 8. The molecule has 20 heteroatoms. The van der Waals surface area contributed by atoms with Crippen molar-refractivity contribution in [2.75, 3.05) is 43.0 Å². The van der Waals surface area contributed by atoms with Gasteiger partial charge in [-0.15, -0.1) is 25.0 Å². The van der Waals surface area contributed by atoms with E-state index in [2.05, 4.69) is 44.4 Å². The number of carbonyl (C=O) groups is 4. The van der Waals surface area contributed by atoms with Crippen LogP contribution in [-0.2, 0) is 37.1 Å². The highest BCUT2D eigenvalue weighted by Crippen LogP contribution is 2.43. The van der Waals surface area contributed by atoms with Gasteiger partial charge in [-0.05, 0) is 71.9 Å². The molecule has 0 spiro atoms. The number of hydrogen-bond donors (Lipinski definition) is 3. The predicted octanol–water partition coefficient (Wildman–Crippen LogP) is 4.80. The van der Waals surface area contributed by atoms with Gasteiger partial charge in [-0.2, -0.15) is 23.5 Å². The summed E-state index contributed by atoms with van der Waals surface area (Å²) in [5.41, 5.74) is -1.98. The van der Waals surface area contributed by atoms with Gasteiger partial charge in [0, 0.05) is 56.6 Å². The van der Waals surface area contributed by atoms with Crippen LogP contribution in [0.2, 0.25) is 0 Å². The molecule has 2 aromatic heterocycles. The standard InChI is InChI=1S/C41H51F3N10O5S.ClH/c1-23-20-51(21-24(2)52(23)22-34(56)47-31-8-6-7-28-35(49-50(5)36(28)31)29-13-14-33(55)48-37(29)57)15-16-59-27-11-9-25(10-12-27)54-39(60)53(38(58)40(54,3)4)26-17-30(41(42,43)44)32(18-45)46-19-26;/h6-8,17,19,23-25,27,29,39,60H,9-16,20-22H2,1-5H3,(H,47,56)(H,48,55,57);1H/t23-,24+,25?,27?,29?,39?;. The van der Waals surface area contributed by atoms with Crippen LogP contribution in [0.1, 0.15) is 89.1 Å². The van der Waals surface area contributed by atoms with Crippen LogP contribution in [0, 0.1) is 11.3 Å². The maximum Gasteiger partial charge on any atom is 0.419 e. The molecule has 4 aliphatic rings. The van der Waals surface area contributed by atoms with E-state index in [-0.39, 0.29) is 73.0 Å². The quantitative estimate of drug-likeness (QED) is 0.189. The maximum absolute atomic E-state index is 13.7. The second-order valence-electron chi connectivity index (χ2n) is 16.9. The summed E-state index contributed by atoms with van der Waals surface area (Å²) in [6.07, 6.45) is -0.0974. The number of halogens is 4. The van der Waals surface area contributed by atoms with E-state index in [0.717, 1.165) is 63.0 Å². The van der Waals surface area contributed by atoms with E-state index >= 15 is 0 Å². The van der Waals surface area contributed by atoms with Crippen molar-refractivity contribution in [3.05, 3.63) is 47.4 Å². The Bertz CT molecular complexity index is 2200. The van der Waals surface area contributed by atoms with E-state index in [9.17, 15) is 37.6 Å². The van der Waals surface area contributed by atoms with E-state index in [0.29, 0.717) is 29.9 Å². The van der Waals surface area contributed by atoms with Crippen molar-refractivity contribution in [3.8, 4) is 6.07 Å². The molecule has 4 amide bonds. The average Bonchev–Trinajstić information content (AvgIpc) is 3.61. The smallest absolute Gasteiger partial charge is 0.377 e. The van der Waals surface area contributed by atoms with Crippen LogP contribution < -0.4 is 15.5 Å². The second-order valence-corrected chi connectivity index (χ2v) is 17.3. The lowest BCUT2D eigenvalue weighted by molar-refractivity contribution is -0.138. The highest BCUT2D eigenvalue weighted by atomic mass is 35.5. The predicted molar refractivity (Wildman–Crippen MR) is 226 cm³/mol. The minimum Gasteiger partial charge on any atom is -0.377 e. The SMILES string of the molecule is C[C@@H]1CN(CCOC2CCC(N3C(S)N(c4cnc(C#N)c(C(F)(F)F)c4)C(=O)C3(C)C)CC2)C[C@H](C)N1CC(=O)Nc1cccc2c(C3CCC(=O)NC3=O)nn(C)c12.Cl. The first-order valence-electron chi connectivity index (χ1n) is 20.3. The Morgan fingerprint density at radius 1 is 1.10 bits per heavy atom. The molecule has 4 atom stereocenters. The zero-order valence-corrected chi connectivity index (χ0v) is 36.4. The fraction of sp³-hybridized carbons (Fsp3) is 0.585. The van der Waals surface area contributed by atoms with Crippen molar-refractivity contribution >= 4 is 70.9 Å². The summed E-state index contributed by atoms with van der Waals surface area (Å²) in [4.78, 5) is 62.9. The van der Waals surface area contributed by atoms with E-state index in [1.807, 2.05) is 23.1 Å². The summed E-state index contributed by atoms with van der Waals surface area (Å²) in [6, 6.07) is 7.95. The first-order chi connectivity index (χ1) is 28.4. The number of para-hydroxylation sites is 1. The van der Waals surface area contributed by atoms with Gasteiger partial charge < -0.3 is 10.1 Å². The Labute approximate surface area is 364 Å². The number of nitriles is 1. The zero-order chi connectivity index (χ0) is 43.3. The molecule has 3 aliphatic heterocycles. The van der Waals surface area contributed by atoms with Gasteiger partial charge in [0.1, 0.15) is 11.6 Å². The number of benzene rings is 1. The lowest BCUT2D eigenvalue weighted by atomic mass is 9.89. The monoisotopic (exact) mass is 888 g/mol. The molecule has 330 valence electrons. The van der Waals surface area contributed by atoms with E-state index in [4.69, 9.17) is 17.4 Å². The van der Waals surface area contributed by atoms with Crippen LogP contribution in [0.3, 0.4) is 0 Å². The van der Waals surface area contributed by atoms with Gasteiger partial charge in [-0.3, -0.25) is 48.8 Å². The summed E-state index contributed by atoms with van der Waals surface area (Å²) in [5, 5.41) is 20.0. The molecule has 1 aliphatic carbocycles. The number of piperidine rings is 1. The molecule has 1 aromatic carbocycles. The number of thiol groups is 1. The van der Waals surface area contributed by atoms with Gasteiger partial charge in [0.15, 0.2) is 5.69 Å². The number of imide groups is 1. The highest BCUT2D eigenvalue weighted by Gasteiger charge is 2.54. The number of nitrogens with one attached hydrogen (secondary N) is 2. The Kier molecular flexibility index (Phi) is 13.8. The number of alkyl halides is 3. The fourth-order valence-corrected chi connectivity index (χ4v) is 10.3. The molecule has 0 radical (unpaired) electrons. The van der Waals surface area contributed by atoms with Crippen molar-refractivity contribution in [1.82, 2.24) is 34.8 Å². The number of carbonyl (C=O) groups excluding carboxylic acids is 4. The summed E-state index contributed by atoms with van der Waals surface area (Å²) in [6.45, 7) is 10.7. The first-order valence-corrected chi connectivity index (χ1v) is 20.9. The molecular formula is C41H52ClF3N10O5S. The molecule has 5 heterocycles. The van der Waals surface area contributed by atoms with Gasteiger partial charge in [0.2, 0.25) is 23.6 Å². The first kappa shape index (κ1) is 46.2. The Morgan fingerprint density at radius 2 is 1.79 bits per heavy atom. The minimum absolute atomic E-state index is 0. The molecular weight excluding hydrogens is 837 g/mol. The lowest BCUT2D eigenvalue weighted by Gasteiger charge is -2.44. The van der Waals surface area contributed by atoms with Gasteiger partial charge in [-0.25, -0.2) is 4.98 Å². The molecule has 4 fully saturated rings. The number of amides is 4. The Morgan fingerprint density at radius 3 is 2.43 bits per heavy atom. The maximum atomic E-state index is 13.7. The van der Waals surface area contributed by atoms with Gasteiger partial charge in [0.25, 0.3) is 0 Å². The third-order valence-corrected chi connectivity index (χ3v) is 12.9. The summed E-state index contributed by atoms with van der Waals surface area (Å²) in [5.74, 6) is -1.74. The number of aromatic nitrogens is 3. The van der Waals surface area contributed by atoms with Crippen molar-refractivity contribution < 1.29 is 37.1 Å². The molecule has 7 rings (SSSR count). The lowest BCUT2D eigenvalue weighted by Crippen LogP contribution is -2.58. The van der Waals surface area contributed by atoms with Crippen LogP contribution in [0.4, 0.5) is 24.5 Å². The largest absolute Gasteiger partial charge is 0.419 e. The average molecular weight is 889 g/mol. The molecule has 0 bridgehead atoms. The molecule has 15 nitrogen and oxygen atoms in total. The number of hydrogen-bond acceptors (Lipinski definition) is 12. The van der Waals surface area contributed by atoms with Crippen molar-refractivity contribution in [1.29, 1.82) is 5.26 Å². The minimum atomic E-state index is -4.81. The molecule has 3 aromatic rings. The van der Waals surface area contributed by atoms with E-state index < -0.39 is 40.3 Å². The van der Waals surface area contributed by atoms with E-state index in [1.165, 1.54) is 11.0 Å². The van der Waals surface area contributed by atoms with Crippen LogP contribution in [0.25, 0.3) is 10.9 Å². The van der Waals surface area contributed by atoms with E-state index in [1.54, 1.807) is 25.6 Å². The molecule has 2 unspecified atom stereocenters. The molecule has 3 saturated heterocycles. The third kappa shape index (κ3) is 9.25. The van der Waals surface area contributed by atoms with Crippen LogP contribution in [0.5, 0.6) is 0 Å². The molecule has 2 N–H and O–H groups in total. The van der Waals surface area contributed by atoms with Crippen molar-refractivity contribution in [2.45, 2.75) is 114 Å². The number of ether oxygens (including phenoxy) is 1. The highest BCUT2D eigenvalue weighted by molar-refractivity contribution is 7.81. The zero-order valence-electron chi connectivity index (χ0n) is 34.7. The van der Waals surface area contributed by atoms with Crippen LogP contribution >= 0.6 is 25.0 Å². The summed E-state index contributed by atoms with van der Waals surface area (Å²) in [7, 11) is 1.77. The van der Waals surface area contributed by atoms with Crippen LogP contribution in [-0.4, -0.2) is 121 Å². The van der Waals surface area contributed by atoms with Gasteiger partial charge >= 0.3 is 6.18 Å². The number of pyridine rings is 1. The number of piperazine rings is 1. The fourth-order valence-electron chi connectivity index (χ4n) is 9.54. The number of anilines is 2. The summed E-state index contributed by atoms with van der Waals surface area (Å²) < 4.78 is 49.2. The summed E-state index contributed by atoms with van der Waals surface area (Å²) >= 11 is 4.74. The Balaban J connectivity index is 0.00000622. The van der Waals surface area contributed by atoms with Crippen molar-refractivity contribution in [3.63, 3.8) is 0 Å². The number of rotatable bonds is 10. The van der Waals surface area contributed by atoms with Gasteiger partial charge in [0.05, 0.1) is 65.1 Å². The third-order valence-electron chi connectivity index (χ3n) is 12.5. The molecule has 1 saturated carbocycles.